The molecule has 2 aliphatic heterocycles. The van der Waals surface area contributed by atoms with Gasteiger partial charge in [0.15, 0.2) is 0 Å². The van der Waals surface area contributed by atoms with Crippen molar-refractivity contribution in [1.29, 1.82) is 0 Å². The third-order valence-electron chi connectivity index (χ3n) is 6.56. The number of likely N-dealkylation sites (tertiary alicyclic amines) is 1. The smallest absolute Gasteiger partial charge is 0.211 e. The number of sulfonamides is 1. The number of benzene rings is 1. The Hall–Kier alpha value is -0.950. The van der Waals surface area contributed by atoms with Crippen LogP contribution in [-0.2, 0) is 20.2 Å². The van der Waals surface area contributed by atoms with Crippen molar-refractivity contribution in [3.63, 3.8) is 0 Å². The van der Waals surface area contributed by atoms with Gasteiger partial charge in [-0.25, -0.2) is 13.1 Å². The summed E-state index contributed by atoms with van der Waals surface area (Å²) >= 11 is 0. The highest BCUT2D eigenvalue weighted by Crippen LogP contribution is 2.51. The first-order valence-electron chi connectivity index (χ1n) is 9.91. The van der Waals surface area contributed by atoms with Crippen LogP contribution >= 0.6 is 0 Å². The molecule has 2 atom stereocenters. The standard InChI is InChI=1S/C20H30N2O3S/c1-2-26(23,24)21-19-13-20(18-6-4-3-5-17(18)19)8-10-22(11-9-20)14-16-7-12-25-15-16/h3-6,16,19,21H,2,7-15H2,1H3/t16-,19-/m1/s1. The summed E-state index contributed by atoms with van der Waals surface area (Å²) in [4.78, 5) is 2.58. The first kappa shape index (κ1) is 18.4. The molecule has 1 spiro atoms. The molecule has 1 aromatic rings. The van der Waals surface area contributed by atoms with Crippen LogP contribution in [0.25, 0.3) is 0 Å². The predicted molar refractivity (Wildman–Crippen MR) is 103 cm³/mol. The Bertz CT molecular complexity index is 735. The van der Waals surface area contributed by atoms with Crippen molar-refractivity contribution in [2.45, 2.75) is 44.1 Å². The number of nitrogens with zero attached hydrogens (tertiary/aromatic N) is 1. The normalized spacial score (nSPS) is 28.5. The van der Waals surface area contributed by atoms with Gasteiger partial charge < -0.3 is 9.64 Å². The van der Waals surface area contributed by atoms with Crippen molar-refractivity contribution < 1.29 is 13.2 Å². The molecule has 0 radical (unpaired) electrons. The van der Waals surface area contributed by atoms with Crippen molar-refractivity contribution >= 4 is 10.0 Å². The number of hydrogen-bond acceptors (Lipinski definition) is 4. The van der Waals surface area contributed by atoms with Crippen molar-refractivity contribution in [3.8, 4) is 0 Å². The highest BCUT2D eigenvalue weighted by atomic mass is 32.2. The number of fused-ring (bicyclic) bond motifs is 2. The quantitative estimate of drug-likeness (QED) is 0.855. The predicted octanol–water partition coefficient (Wildman–Crippen LogP) is 2.44. The summed E-state index contributed by atoms with van der Waals surface area (Å²) in [6.07, 6.45) is 4.31. The lowest BCUT2D eigenvalue weighted by Gasteiger charge is -2.41. The van der Waals surface area contributed by atoms with Gasteiger partial charge in [0.25, 0.3) is 0 Å². The maximum Gasteiger partial charge on any atom is 0.211 e. The summed E-state index contributed by atoms with van der Waals surface area (Å²) in [7, 11) is -3.20. The summed E-state index contributed by atoms with van der Waals surface area (Å²) in [6.45, 7) is 6.85. The molecule has 0 amide bonds. The molecule has 3 aliphatic rings. The Labute approximate surface area is 157 Å². The van der Waals surface area contributed by atoms with Crippen LogP contribution in [0.15, 0.2) is 24.3 Å². The first-order valence-corrected chi connectivity index (χ1v) is 11.6. The second kappa shape index (κ2) is 7.23. The molecule has 26 heavy (non-hydrogen) atoms. The molecule has 144 valence electrons. The van der Waals surface area contributed by atoms with Crippen molar-refractivity contribution in [3.05, 3.63) is 35.4 Å². The average Bonchev–Trinajstić information content (AvgIpc) is 3.25. The number of nitrogens with one attached hydrogen (secondary N) is 1. The minimum absolute atomic E-state index is 0.0778. The lowest BCUT2D eigenvalue weighted by molar-refractivity contribution is 0.125. The van der Waals surface area contributed by atoms with Gasteiger partial charge in [0.2, 0.25) is 10.0 Å². The average molecular weight is 379 g/mol. The van der Waals surface area contributed by atoms with E-state index in [4.69, 9.17) is 4.74 Å². The monoisotopic (exact) mass is 378 g/mol. The molecule has 2 fully saturated rings. The van der Waals surface area contributed by atoms with Crippen LogP contribution in [0.3, 0.4) is 0 Å². The summed E-state index contributed by atoms with van der Waals surface area (Å²) in [5, 5.41) is 0. The van der Waals surface area contributed by atoms with E-state index >= 15 is 0 Å². The van der Waals surface area contributed by atoms with Gasteiger partial charge in [-0.1, -0.05) is 24.3 Å². The fraction of sp³-hybridized carbons (Fsp3) is 0.700. The number of ether oxygens (including phenoxy) is 1. The fourth-order valence-electron chi connectivity index (χ4n) is 5.03. The molecule has 1 aromatic carbocycles. The van der Waals surface area contributed by atoms with Crippen LogP contribution in [0.4, 0.5) is 0 Å². The molecular weight excluding hydrogens is 348 g/mol. The number of rotatable bonds is 5. The number of hydrogen-bond donors (Lipinski definition) is 1. The van der Waals surface area contributed by atoms with Crippen LogP contribution in [0.2, 0.25) is 0 Å². The van der Waals surface area contributed by atoms with Crippen LogP contribution < -0.4 is 4.72 Å². The molecule has 5 nitrogen and oxygen atoms in total. The van der Waals surface area contributed by atoms with E-state index in [9.17, 15) is 8.42 Å². The van der Waals surface area contributed by atoms with E-state index in [-0.39, 0.29) is 17.2 Å². The molecule has 1 N–H and O–H groups in total. The first-order chi connectivity index (χ1) is 12.5. The summed E-state index contributed by atoms with van der Waals surface area (Å²) < 4.78 is 32.8. The van der Waals surface area contributed by atoms with Gasteiger partial charge in [-0.05, 0) is 68.2 Å². The zero-order valence-corrected chi connectivity index (χ0v) is 16.4. The largest absolute Gasteiger partial charge is 0.381 e. The Morgan fingerprint density at radius 2 is 2.04 bits per heavy atom. The Morgan fingerprint density at radius 1 is 1.27 bits per heavy atom. The van der Waals surface area contributed by atoms with Crippen molar-refractivity contribution in [2.75, 3.05) is 38.6 Å². The molecule has 0 bridgehead atoms. The highest BCUT2D eigenvalue weighted by molar-refractivity contribution is 7.89. The van der Waals surface area contributed by atoms with Crippen LogP contribution in [-0.4, -0.2) is 51.9 Å². The summed E-state index contributed by atoms with van der Waals surface area (Å²) in [6, 6.07) is 8.37. The lowest BCUT2D eigenvalue weighted by atomic mass is 9.73. The van der Waals surface area contributed by atoms with Gasteiger partial charge in [-0.3, -0.25) is 0 Å². The minimum atomic E-state index is -3.20. The van der Waals surface area contributed by atoms with Crippen LogP contribution in [0, 0.1) is 5.92 Å². The number of piperidine rings is 1. The van der Waals surface area contributed by atoms with E-state index in [0.29, 0.717) is 5.92 Å². The Balaban J connectivity index is 1.48. The minimum Gasteiger partial charge on any atom is -0.381 e. The molecule has 1 aliphatic carbocycles. The summed E-state index contributed by atoms with van der Waals surface area (Å²) in [5.41, 5.74) is 2.68. The van der Waals surface area contributed by atoms with Crippen molar-refractivity contribution in [1.82, 2.24) is 9.62 Å². The van der Waals surface area contributed by atoms with Gasteiger partial charge in [-0.2, -0.15) is 0 Å². The molecular formula is C20H30N2O3S. The van der Waals surface area contributed by atoms with E-state index in [1.807, 2.05) is 6.07 Å². The SMILES string of the molecule is CCS(=O)(=O)N[C@@H]1CC2(CCN(C[C@H]3CCOC3)CC2)c2ccccc21. The molecule has 0 aromatic heterocycles. The van der Waals surface area contributed by atoms with Gasteiger partial charge in [-0.15, -0.1) is 0 Å². The zero-order chi connectivity index (χ0) is 18.2. The highest BCUT2D eigenvalue weighted by Gasteiger charge is 2.46. The van der Waals surface area contributed by atoms with Gasteiger partial charge in [0, 0.05) is 19.2 Å². The fourth-order valence-corrected chi connectivity index (χ4v) is 5.84. The van der Waals surface area contributed by atoms with Gasteiger partial charge in [0.1, 0.15) is 0 Å². The second-order valence-electron chi connectivity index (χ2n) is 8.18. The van der Waals surface area contributed by atoms with Gasteiger partial charge >= 0.3 is 0 Å². The van der Waals surface area contributed by atoms with E-state index in [1.54, 1.807) is 6.92 Å². The molecule has 4 rings (SSSR count). The van der Waals surface area contributed by atoms with E-state index < -0.39 is 10.0 Å². The van der Waals surface area contributed by atoms with E-state index in [0.717, 1.165) is 52.1 Å². The Kier molecular flexibility index (Phi) is 5.12. The maximum absolute atomic E-state index is 12.2. The molecule has 2 heterocycles. The van der Waals surface area contributed by atoms with Crippen molar-refractivity contribution in [2.24, 2.45) is 5.92 Å². The molecule has 0 unspecified atom stereocenters. The van der Waals surface area contributed by atoms with Crippen LogP contribution in [0.1, 0.15) is 49.8 Å². The third kappa shape index (κ3) is 3.57. The molecule has 0 saturated carbocycles. The lowest BCUT2D eigenvalue weighted by Crippen LogP contribution is -2.44. The molecule has 6 heteroatoms. The Morgan fingerprint density at radius 3 is 2.73 bits per heavy atom. The van der Waals surface area contributed by atoms with E-state index in [2.05, 4.69) is 27.8 Å². The topological polar surface area (TPSA) is 58.6 Å². The maximum atomic E-state index is 12.2. The van der Waals surface area contributed by atoms with E-state index in [1.165, 1.54) is 17.5 Å². The van der Waals surface area contributed by atoms with Crippen LogP contribution in [0.5, 0.6) is 0 Å². The zero-order valence-electron chi connectivity index (χ0n) is 15.6. The third-order valence-corrected chi connectivity index (χ3v) is 7.96. The summed E-state index contributed by atoms with van der Waals surface area (Å²) in [5.74, 6) is 0.819. The molecule has 2 saturated heterocycles. The van der Waals surface area contributed by atoms with Gasteiger partial charge in [0.05, 0.1) is 12.4 Å². The second-order valence-corrected chi connectivity index (χ2v) is 10.2.